The second-order valence-electron chi connectivity index (χ2n) is 8.09. The number of benzene rings is 1. The SMILES string of the molecule is COc1ccccc1CNC(=O)CCC(=O)N1C[C@H]2C[C@H](C1)c1cccc(=O)n1C2. The molecule has 2 aliphatic heterocycles. The number of nitrogens with zero attached hydrogens (tertiary/aromatic N) is 2. The van der Waals surface area contributed by atoms with Gasteiger partial charge in [-0.05, 0) is 24.5 Å². The summed E-state index contributed by atoms with van der Waals surface area (Å²) in [5.74, 6) is 1.06. The fourth-order valence-electron chi connectivity index (χ4n) is 4.61. The summed E-state index contributed by atoms with van der Waals surface area (Å²) in [5.41, 5.74) is 1.96. The molecule has 7 heteroatoms. The maximum absolute atomic E-state index is 12.7. The van der Waals surface area contributed by atoms with E-state index in [0.717, 1.165) is 23.4 Å². The van der Waals surface area contributed by atoms with E-state index >= 15 is 0 Å². The summed E-state index contributed by atoms with van der Waals surface area (Å²) >= 11 is 0. The Labute approximate surface area is 175 Å². The molecule has 1 aromatic carbocycles. The van der Waals surface area contributed by atoms with Gasteiger partial charge in [-0.3, -0.25) is 14.4 Å². The van der Waals surface area contributed by atoms with E-state index in [1.54, 1.807) is 19.2 Å². The Kier molecular flexibility index (Phi) is 5.88. The average Bonchev–Trinajstić information content (AvgIpc) is 2.76. The Morgan fingerprint density at radius 3 is 2.73 bits per heavy atom. The fraction of sp³-hybridized carbons (Fsp3) is 0.435. The maximum atomic E-state index is 12.7. The van der Waals surface area contributed by atoms with E-state index in [4.69, 9.17) is 4.74 Å². The van der Waals surface area contributed by atoms with Gasteiger partial charge in [-0.25, -0.2) is 0 Å². The van der Waals surface area contributed by atoms with Crippen molar-refractivity contribution in [3.05, 3.63) is 64.1 Å². The number of rotatable bonds is 6. The predicted octanol–water partition coefficient (Wildman–Crippen LogP) is 1.90. The molecule has 2 amide bonds. The van der Waals surface area contributed by atoms with Crippen molar-refractivity contribution >= 4 is 11.8 Å². The van der Waals surface area contributed by atoms with Crippen molar-refractivity contribution in [2.45, 2.75) is 38.3 Å². The van der Waals surface area contributed by atoms with E-state index in [0.29, 0.717) is 32.1 Å². The highest BCUT2D eigenvalue weighted by Gasteiger charge is 2.36. The third kappa shape index (κ3) is 4.25. The number of piperidine rings is 1. The van der Waals surface area contributed by atoms with Gasteiger partial charge in [-0.2, -0.15) is 0 Å². The van der Waals surface area contributed by atoms with Crippen LogP contribution in [0.3, 0.4) is 0 Å². The van der Waals surface area contributed by atoms with E-state index in [1.807, 2.05) is 39.8 Å². The highest BCUT2D eigenvalue weighted by molar-refractivity contribution is 5.83. The number of nitrogens with one attached hydrogen (secondary N) is 1. The Morgan fingerprint density at radius 1 is 1.07 bits per heavy atom. The minimum Gasteiger partial charge on any atom is -0.496 e. The molecule has 4 rings (SSSR count). The molecule has 2 bridgehead atoms. The van der Waals surface area contributed by atoms with Crippen LogP contribution in [0.25, 0.3) is 0 Å². The van der Waals surface area contributed by atoms with E-state index in [-0.39, 0.29) is 36.1 Å². The lowest BCUT2D eigenvalue weighted by molar-refractivity contribution is -0.136. The van der Waals surface area contributed by atoms with Crippen LogP contribution in [0.1, 0.15) is 36.4 Å². The van der Waals surface area contributed by atoms with E-state index < -0.39 is 0 Å². The highest BCUT2D eigenvalue weighted by Crippen LogP contribution is 2.35. The van der Waals surface area contributed by atoms with Crippen LogP contribution in [0.15, 0.2) is 47.3 Å². The first-order valence-electron chi connectivity index (χ1n) is 10.4. The third-order valence-corrected chi connectivity index (χ3v) is 6.07. The number of aromatic nitrogens is 1. The van der Waals surface area contributed by atoms with Crippen molar-refractivity contribution in [2.75, 3.05) is 20.2 Å². The molecular formula is C23H27N3O4. The summed E-state index contributed by atoms with van der Waals surface area (Å²) < 4.78 is 7.14. The molecule has 0 unspecified atom stereocenters. The van der Waals surface area contributed by atoms with Crippen LogP contribution in [0.4, 0.5) is 0 Å². The molecule has 30 heavy (non-hydrogen) atoms. The molecule has 1 N–H and O–H groups in total. The maximum Gasteiger partial charge on any atom is 0.250 e. The van der Waals surface area contributed by atoms with Gasteiger partial charge in [0.25, 0.3) is 5.56 Å². The monoisotopic (exact) mass is 409 g/mol. The summed E-state index contributed by atoms with van der Waals surface area (Å²) in [7, 11) is 1.60. The van der Waals surface area contributed by atoms with Gasteiger partial charge in [0.15, 0.2) is 0 Å². The van der Waals surface area contributed by atoms with Crippen LogP contribution in [0, 0.1) is 5.92 Å². The van der Waals surface area contributed by atoms with E-state index in [1.165, 1.54) is 0 Å². The van der Waals surface area contributed by atoms with Crippen molar-refractivity contribution in [2.24, 2.45) is 5.92 Å². The number of para-hydroxylation sites is 1. The second-order valence-corrected chi connectivity index (χ2v) is 8.09. The number of amides is 2. The van der Waals surface area contributed by atoms with Gasteiger partial charge < -0.3 is 19.5 Å². The lowest BCUT2D eigenvalue weighted by Crippen LogP contribution is -2.49. The Balaban J connectivity index is 1.30. The molecule has 0 spiro atoms. The van der Waals surface area contributed by atoms with Gasteiger partial charge in [0.2, 0.25) is 11.8 Å². The zero-order valence-electron chi connectivity index (χ0n) is 17.2. The summed E-state index contributed by atoms with van der Waals surface area (Å²) in [6, 6.07) is 12.9. The van der Waals surface area contributed by atoms with Crippen LogP contribution in [0.2, 0.25) is 0 Å². The van der Waals surface area contributed by atoms with Crippen LogP contribution in [-0.4, -0.2) is 41.5 Å². The van der Waals surface area contributed by atoms with Gasteiger partial charge in [-0.15, -0.1) is 0 Å². The van der Waals surface area contributed by atoms with Gasteiger partial charge in [0.1, 0.15) is 5.75 Å². The van der Waals surface area contributed by atoms with Crippen LogP contribution >= 0.6 is 0 Å². The van der Waals surface area contributed by atoms with Crippen LogP contribution < -0.4 is 15.6 Å². The second kappa shape index (κ2) is 8.73. The molecule has 2 atom stereocenters. The molecule has 3 heterocycles. The van der Waals surface area contributed by atoms with E-state index in [9.17, 15) is 14.4 Å². The van der Waals surface area contributed by atoms with Gasteiger partial charge in [-0.1, -0.05) is 24.3 Å². The number of pyridine rings is 1. The number of methoxy groups -OCH3 is 1. The average molecular weight is 409 g/mol. The summed E-state index contributed by atoms with van der Waals surface area (Å²) in [4.78, 5) is 39.0. The van der Waals surface area contributed by atoms with Crippen molar-refractivity contribution in [1.82, 2.24) is 14.8 Å². The molecule has 0 saturated carbocycles. The van der Waals surface area contributed by atoms with Gasteiger partial charge >= 0.3 is 0 Å². The number of fused-ring (bicyclic) bond motifs is 4. The summed E-state index contributed by atoms with van der Waals surface area (Å²) in [6.45, 7) is 2.30. The van der Waals surface area contributed by atoms with Crippen LogP contribution in [0.5, 0.6) is 5.75 Å². The Morgan fingerprint density at radius 2 is 1.90 bits per heavy atom. The number of hydrogen-bond acceptors (Lipinski definition) is 4. The zero-order valence-corrected chi connectivity index (χ0v) is 17.2. The topological polar surface area (TPSA) is 80.6 Å². The van der Waals surface area contributed by atoms with Crippen molar-refractivity contribution in [3.63, 3.8) is 0 Å². The molecule has 0 aliphatic carbocycles. The Hall–Kier alpha value is -3.09. The Bertz CT molecular complexity index is 1000. The molecule has 1 aromatic heterocycles. The summed E-state index contributed by atoms with van der Waals surface area (Å²) in [6.07, 6.45) is 1.36. The first kappa shape index (κ1) is 20.2. The van der Waals surface area contributed by atoms with Gasteiger partial charge in [0, 0.05) is 62.3 Å². The van der Waals surface area contributed by atoms with Crippen molar-refractivity contribution in [1.29, 1.82) is 0 Å². The fourth-order valence-corrected chi connectivity index (χ4v) is 4.61. The quantitative estimate of drug-likeness (QED) is 0.790. The number of hydrogen-bond donors (Lipinski definition) is 1. The molecule has 2 aliphatic rings. The van der Waals surface area contributed by atoms with Crippen LogP contribution in [-0.2, 0) is 22.7 Å². The van der Waals surface area contributed by atoms with Crippen molar-refractivity contribution in [3.8, 4) is 5.75 Å². The molecule has 2 aromatic rings. The molecule has 1 fully saturated rings. The van der Waals surface area contributed by atoms with Gasteiger partial charge in [0.05, 0.1) is 7.11 Å². The molecule has 0 radical (unpaired) electrons. The molecular weight excluding hydrogens is 382 g/mol. The number of carbonyl (C=O) groups is 2. The molecule has 158 valence electrons. The number of likely N-dealkylation sites (tertiary alicyclic amines) is 1. The first-order valence-corrected chi connectivity index (χ1v) is 10.4. The highest BCUT2D eigenvalue weighted by atomic mass is 16.5. The third-order valence-electron chi connectivity index (χ3n) is 6.07. The molecule has 1 saturated heterocycles. The normalized spacial score (nSPS) is 19.7. The smallest absolute Gasteiger partial charge is 0.250 e. The predicted molar refractivity (Wildman–Crippen MR) is 112 cm³/mol. The number of ether oxygens (including phenoxy) is 1. The lowest BCUT2D eigenvalue weighted by atomic mass is 9.83. The summed E-state index contributed by atoms with van der Waals surface area (Å²) in [5, 5.41) is 2.86. The van der Waals surface area contributed by atoms with Crippen molar-refractivity contribution < 1.29 is 14.3 Å². The minimum absolute atomic E-state index is 0.00358. The van der Waals surface area contributed by atoms with E-state index in [2.05, 4.69) is 5.32 Å². The first-order chi connectivity index (χ1) is 14.5. The number of carbonyl (C=O) groups excluding carboxylic acids is 2. The minimum atomic E-state index is -0.150. The largest absolute Gasteiger partial charge is 0.496 e. The lowest BCUT2D eigenvalue weighted by Gasteiger charge is -2.42. The zero-order chi connectivity index (χ0) is 21.1. The molecule has 7 nitrogen and oxygen atoms in total. The standard InChI is InChI=1S/C23H27N3O4/c1-30-20-7-3-2-5-17(20)12-24-21(27)9-10-22(28)25-13-16-11-18(15-25)19-6-4-8-23(29)26(19)14-16/h2-8,16,18H,9-15H2,1H3,(H,24,27)/t16-,18-/m1/s1.